The molecule has 2 atom stereocenters. The Morgan fingerprint density at radius 2 is 2.05 bits per heavy atom. The minimum absolute atomic E-state index is 0.157. The summed E-state index contributed by atoms with van der Waals surface area (Å²) in [5.74, 6) is 0.409. The van der Waals surface area contributed by atoms with E-state index in [1.807, 2.05) is 13.0 Å². The summed E-state index contributed by atoms with van der Waals surface area (Å²) < 4.78 is 21.2. The van der Waals surface area contributed by atoms with Crippen LogP contribution in [-0.4, -0.2) is 90.7 Å². The third-order valence-electron chi connectivity index (χ3n) is 8.37. The Morgan fingerprint density at radius 3 is 2.77 bits per heavy atom. The van der Waals surface area contributed by atoms with Crippen molar-refractivity contribution in [3.63, 3.8) is 0 Å². The first kappa shape index (κ1) is 27.8. The summed E-state index contributed by atoms with van der Waals surface area (Å²) in [7, 11) is 2.11. The predicted octanol–water partition coefficient (Wildman–Crippen LogP) is 3.47. The Kier molecular flexibility index (Phi) is 8.50. The molecule has 3 aliphatic rings. The molecule has 3 aliphatic heterocycles. The second kappa shape index (κ2) is 12.2. The number of amides is 1. The first-order valence-electron chi connectivity index (χ1n) is 14.1. The quantitative estimate of drug-likeness (QED) is 0.388. The number of benzene rings is 1. The van der Waals surface area contributed by atoms with Crippen molar-refractivity contribution in [2.24, 2.45) is 0 Å². The largest absolute Gasteiger partial charge is 0.462 e. The van der Waals surface area contributed by atoms with Crippen LogP contribution in [0.1, 0.15) is 36.1 Å². The first-order chi connectivity index (χ1) is 19.4. The summed E-state index contributed by atoms with van der Waals surface area (Å²) in [5, 5.41) is 0. The molecule has 0 N–H and O–H groups in total. The molecule has 2 saturated heterocycles. The number of fused-ring (bicyclic) bond motifs is 1. The molecule has 0 bridgehead atoms. The van der Waals surface area contributed by atoms with E-state index < -0.39 is 0 Å². The van der Waals surface area contributed by atoms with Gasteiger partial charge in [0.25, 0.3) is 0 Å². The van der Waals surface area contributed by atoms with Gasteiger partial charge in [-0.1, -0.05) is 18.7 Å². The molecule has 0 spiro atoms. The lowest BCUT2D eigenvalue weighted by atomic mass is 10.1. The lowest BCUT2D eigenvalue weighted by Gasteiger charge is -2.40. The van der Waals surface area contributed by atoms with Gasteiger partial charge in [0.2, 0.25) is 12.5 Å². The van der Waals surface area contributed by atoms with Crippen LogP contribution in [-0.2, 0) is 17.8 Å². The fourth-order valence-electron chi connectivity index (χ4n) is 6.21. The van der Waals surface area contributed by atoms with E-state index in [9.17, 15) is 9.18 Å². The van der Waals surface area contributed by atoms with Gasteiger partial charge in [0, 0.05) is 37.8 Å². The van der Waals surface area contributed by atoms with Crippen molar-refractivity contribution in [3.8, 4) is 6.01 Å². The minimum Gasteiger partial charge on any atom is -0.462 e. The molecular weight excluding hydrogens is 509 g/mol. The van der Waals surface area contributed by atoms with E-state index in [2.05, 4.69) is 33.2 Å². The van der Waals surface area contributed by atoms with Crippen molar-refractivity contribution < 1.29 is 13.9 Å². The minimum atomic E-state index is -0.262. The van der Waals surface area contributed by atoms with E-state index in [0.717, 1.165) is 54.9 Å². The number of aryl methyl sites for hydroxylation is 1. The van der Waals surface area contributed by atoms with E-state index in [1.165, 1.54) is 12.1 Å². The van der Waals surface area contributed by atoms with Crippen LogP contribution in [0.5, 0.6) is 6.01 Å². The van der Waals surface area contributed by atoms with Crippen molar-refractivity contribution in [3.05, 3.63) is 64.9 Å². The molecule has 1 amide bonds. The first-order valence-corrected chi connectivity index (χ1v) is 14.1. The van der Waals surface area contributed by atoms with Crippen molar-refractivity contribution in [2.45, 2.75) is 51.2 Å². The summed E-state index contributed by atoms with van der Waals surface area (Å²) in [4.78, 5) is 34.2. The highest BCUT2D eigenvalue weighted by atomic mass is 19.1. The number of ether oxygens (including phenoxy) is 1. The van der Waals surface area contributed by atoms with Crippen molar-refractivity contribution in [2.75, 3.05) is 62.7 Å². The fraction of sp³-hybridized carbons (Fsp3) is 0.533. The number of aromatic nitrogens is 2. The van der Waals surface area contributed by atoms with Crippen LogP contribution in [0.3, 0.4) is 0 Å². The Balaban J connectivity index is 1.49. The van der Waals surface area contributed by atoms with Gasteiger partial charge in [-0.2, -0.15) is 9.97 Å². The molecule has 0 radical (unpaired) electrons. The number of hydrogen-bond donors (Lipinski definition) is 0. The molecule has 0 aliphatic carbocycles. The molecule has 40 heavy (non-hydrogen) atoms. The van der Waals surface area contributed by atoms with Crippen LogP contribution in [0.25, 0.3) is 4.85 Å². The molecule has 1 aromatic carbocycles. The number of anilines is 2. The number of rotatable bonds is 7. The van der Waals surface area contributed by atoms with Gasteiger partial charge in [0.1, 0.15) is 24.3 Å². The van der Waals surface area contributed by atoms with Crippen LogP contribution in [0.15, 0.2) is 30.9 Å². The molecule has 4 heterocycles. The smallest absolute Gasteiger partial charge is 0.318 e. The van der Waals surface area contributed by atoms with Crippen molar-refractivity contribution in [1.29, 1.82) is 0 Å². The number of likely N-dealkylation sites (N-methyl/N-ethyl adjacent to an activating group) is 1. The zero-order valence-corrected chi connectivity index (χ0v) is 23.5. The maximum absolute atomic E-state index is 15.0. The van der Waals surface area contributed by atoms with E-state index in [1.54, 1.807) is 11.0 Å². The van der Waals surface area contributed by atoms with E-state index >= 15 is 0 Å². The van der Waals surface area contributed by atoms with Gasteiger partial charge in [-0.25, -0.2) is 11.0 Å². The lowest BCUT2D eigenvalue weighted by molar-refractivity contribution is -0.128. The molecule has 0 unspecified atom stereocenters. The molecule has 2 fully saturated rings. The zero-order chi connectivity index (χ0) is 28.2. The number of hydrogen-bond acceptors (Lipinski definition) is 7. The molecule has 0 saturated carbocycles. The molecule has 9 nitrogen and oxygen atoms in total. The third-order valence-corrected chi connectivity index (χ3v) is 8.37. The lowest BCUT2D eigenvalue weighted by Crippen LogP contribution is -2.56. The maximum Gasteiger partial charge on any atom is 0.318 e. The second-order valence-electron chi connectivity index (χ2n) is 10.9. The second-order valence-corrected chi connectivity index (χ2v) is 10.9. The Morgan fingerprint density at radius 1 is 1.20 bits per heavy atom. The number of carbonyl (C=O) groups excluding carboxylic acids is 1. The predicted molar refractivity (Wildman–Crippen MR) is 153 cm³/mol. The Bertz CT molecular complexity index is 1280. The molecular formula is C30H38FN7O2. The van der Waals surface area contributed by atoms with Crippen LogP contribution in [0.2, 0.25) is 0 Å². The van der Waals surface area contributed by atoms with Crippen LogP contribution in [0, 0.1) is 19.3 Å². The number of carbonyl (C=O) groups is 1. The average Bonchev–Trinajstić information content (AvgIpc) is 3.24. The maximum atomic E-state index is 15.0. The summed E-state index contributed by atoms with van der Waals surface area (Å²) in [6, 6.07) is 5.56. The molecule has 5 rings (SSSR count). The average molecular weight is 548 g/mol. The van der Waals surface area contributed by atoms with Gasteiger partial charge in [-0.15, -0.1) is 0 Å². The van der Waals surface area contributed by atoms with E-state index in [0.29, 0.717) is 57.1 Å². The SMILES string of the molecule is [C-]#[N+]C[C@H]1CN(c2nc(OC[C@@H]3CCCN3C)nc3c2CCCN(c2c(C)cccc2F)C3)CCN1C(=O)C=C. The number of likely N-dealkylation sites (tertiary alicyclic amines) is 1. The van der Waals surface area contributed by atoms with Gasteiger partial charge in [-0.05, 0) is 63.9 Å². The monoisotopic (exact) mass is 547 g/mol. The van der Waals surface area contributed by atoms with Crippen molar-refractivity contribution >= 4 is 17.4 Å². The zero-order valence-electron chi connectivity index (χ0n) is 23.5. The van der Waals surface area contributed by atoms with Gasteiger partial charge >= 0.3 is 6.01 Å². The molecule has 2 aromatic rings. The normalized spacial score (nSPS) is 21.5. The summed E-state index contributed by atoms with van der Waals surface area (Å²) in [5.41, 5.74) is 3.38. The number of para-hydroxylation sites is 1. The highest BCUT2D eigenvalue weighted by Crippen LogP contribution is 2.33. The number of halogens is 1. The number of piperazine rings is 1. The van der Waals surface area contributed by atoms with Gasteiger partial charge < -0.3 is 29.2 Å². The van der Waals surface area contributed by atoms with Gasteiger partial charge in [0.05, 0.1) is 17.9 Å². The van der Waals surface area contributed by atoms with Gasteiger partial charge in [0.15, 0.2) is 0 Å². The Hall–Kier alpha value is -3.71. The molecule has 212 valence electrons. The van der Waals surface area contributed by atoms with Crippen molar-refractivity contribution in [1.82, 2.24) is 19.8 Å². The van der Waals surface area contributed by atoms with E-state index in [4.69, 9.17) is 21.3 Å². The topological polar surface area (TPSA) is 69.4 Å². The third kappa shape index (κ3) is 5.75. The van der Waals surface area contributed by atoms with E-state index in [-0.39, 0.29) is 24.3 Å². The number of nitrogens with zero attached hydrogens (tertiary/aromatic N) is 7. The summed E-state index contributed by atoms with van der Waals surface area (Å²) in [6.45, 7) is 17.5. The highest BCUT2D eigenvalue weighted by Gasteiger charge is 2.34. The highest BCUT2D eigenvalue weighted by molar-refractivity contribution is 5.87. The standard InChI is InChI=1S/C30H38FN7O2/c1-5-27(39)38-16-15-37(18-23(38)17-32-3)29-24-11-8-14-36(28-21(2)9-6-12-25(28)31)19-26(24)33-30(34-29)40-20-22-10-7-13-35(22)4/h5-6,9,12,22-23H,1,7-8,10-11,13-20H2,2,4H3/t22-,23-/m0/s1. The summed E-state index contributed by atoms with van der Waals surface area (Å²) in [6.07, 6.45) is 5.11. The molecule has 10 heteroatoms. The van der Waals surface area contributed by atoms with Crippen LogP contribution < -0.4 is 14.5 Å². The molecule has 1 aromatic heterocycles. The Labute approximate surface area is 236 Å². The van der Waals surface area contributed by atoms with Crippen LogP contribution in [0.4, 0.5) is 15.9 Å². The van der Waals surface area contributed by atoms with Crippen LogP contribution >= 0.6 is 0 Å². The fourth-order valence-corrected chi connectivity index (χ4v) is 6.21. The van der Waals surface area contributed by atoms with Gasteiger partial charge in [-0.3, -0.25) is 4.79 Å². The summed E-state index contributed by atoms with van der Waals surface area (Å²) >= 11 is 0.